The highest BCUT2D eigenvalue weighted by Gasteiger charge is 2.12. The second kappa shape index (κ2) is 7.04. The molecular weight excluding hydrogens is 240 g/mol. The highest BCUT2D eigenvalue weighted by atomic mass is 16.6. The fraction of sp³-hybridized carbons (Fsp3) is 0.700. The molecule has 0 aromatic carbocycles. The van der Waals surface area contributed by atoms with Crippen molar-refractivity contribution in [3.63, 3.8) is 0 Å². The van der Waals surface area contributed by atoms with Crippen LogP contribution in [0.5, 0.6) is 0 Å². The first-order chi connectivity index (χ1) is 8.52. The molecule has 18 heavy (non-hydrogen) atoms. The van der Waals surface area contributed by atoms with E-state index < -0.39 is 11.0 Å². The van der Waals surface area contributed by atoms with E-state index in [0.717, 1.165) is 6.20 Å². The number of aromatic nitrogens is 2. The van der Waals surface area contributed by atoms with Gasteiger partial charge in [-0.2, -0.15) is 5.10 Å². The Hall–Kier alpha value is -1.51. The summed E-state index contributed by atoms with van der Waals surface area (Å²) in [7, 11) is 1.61. The van der Waals surface area contributed by atoms with Crippen molar-refractivity contribution < 1.29 is 14.8 Å². The standard InChI is InChI=1S/C10H18N4O4/c1-8(7-18-2)11-4-10(15)6-13-5-9(3-12-13)14(16)17/h3,5,8,10-11,15H,4,6-7H2,1-2H3. The number of nitrogens with one attached hydrogen (secondary N) is 1. The number of ether oxygens (including phenoxy) is 1. The summed E-state index contributed by atoms with van der Waals surface area (Å²) in [6.07, 6.45) is 1.79. The van der Waals surface area contributed by atoms with Crippen molar-refractivity contribution in [2.75, 3.05) is 20.3 Å². The fourth-order valence-electron chi connectivity index (χ4n) is 1.47. The minimum absolute atomic E-state index is 0.0806. The Bertz CT molecular complexity index is 382. The second-order valence-corrected chi connectivity index (χ2v) is 4.10. The van der Waals surface area contributed by atoms with Gasteiger partial charge in [0.2, 0.25) is 0 Å². The number of aliphatic hydroxyl groups is 1. The molecule has 0 saturated carbocycles. The minimum atomic E-state index is -0.663. The number of hydrogen-bond acceptors (Lipinski definition) is 6. The van der Waals surface area contributed by atoms with E-state index in [0.29, 0.717) is 13.2 Å². The van der Waals surface area contributed by atoms with Gasteiger partial charge < -0.3 is 15.2 Å². The van der Waals surface area contributed by atoms with Gasteiger partial charge in [-0.15, -0.1) is 0 Å². The smallest absolute Gasteiger partial charge is 0.306 e. The summed E-state index contributed by atoms with van der Waals surface area (Å²) in [6.45, 7) is 3.08. The van der Waals surface area contributed by atoms with Gasteiger partial charge in [0.15, 0.2) is 0 Å². The topological polar surface area (TPSA) is 102 Å². The van der Waals surface area contributed by atoms with Crippen molar-refractivity contribution in [1.29, 1.82) is 0 Å². The van der Waals surface area contributed by atoms with Gasteiger partial charge in [-0.05, 0) is 6.92 Å². The summed E-state index contributed by atoms with van der Waals surface area (Å²) >= 11 is 0. The lowest BCUT2D eigenvalue weighted by Crippen LogP contribution is -2.38. The maximum atomic E-state index is 10.5. The molecule has 1 heterocycles. The van der Waals surface area contributed by atoms with Crippen molar-refractivity contribution in [2.24, 2.45) is 0 Å². The molecule has 102 valence electrons. The zero-order valence-corrected chi connectivity index (χ0v) is 10.4. The van der Waals surface area contributed by atoms with Crippen LogP contribution in [0.15, 0.2) is 12.4 Å². The Kier molecular flexibility index (Phi) is 5.69. The molecule has 0 aliphatic carbocycles. The number of aliphatic hydroxyl groups excluding tert-OH is 1. The number of methoxy groups -OCH3 is 1. The van der Waals surface area contributed by atoms with Crippen molar-refractivity contribution in [2.45, 2.75) is 25.6 Å². The molecule has 2 atom stereocenters. The van der Waals surface area contributed by atoms with E-state index in [1.54, 1.807) is 7.11 Å². The van der Waals surface area contributed by atoms with E-state index >= 15 is 0 Å². The van der Waals surface area contributed by atoms with Gasteiger partial charge in [-0.1, -0.05) is 0 Å². The lowest BCUT2D eigenvalue weighted by molar-refractivity contribution is -0.385. The zero-order valence-electron chi connectivity index (χ0n) is 10.4. The summed E-state index contributed by atoms with van der Waals surface area (Å²) in [5, 5.41) is 27.1. The first-order valence-electron chi connectivity index (χ1n) is 5.60. The molecule has 0 saturated heterocycles. The predicted molar refractivity (Wildman–Crippen MR) is 64.2 cm³/mol. The van der Waals surface area contributed by atoms with E-state index in [4.69, 9.17) is 4.74 Å². The third kappa shape index (κ3) is 4.78. The quantitative estimate of drug-likeness (QED) is 0.493. The monoisotopic (exact) mass is 258 g/mol. The predicted octanol–water partition coefficient (Wildman–Crippen LogP) is -0.223. The Morgan fingerprint density at radius 1 is 1.72 bits per heavy atom. The number of nitrogens with zero attached hydrogens (tertiary/aromatic N) is 3. The third-order valence-electron chi connectivity index (χ3n) is 2.35. The lowest BCUT2D eigenvalue weighted by atomic mass is 10.3. The highest BCUT2D eigenvalue weighted by Crippen LogP contribution is 2.07. The zero-order chi connectivity index (χ0) is 13.5. The van der Waals surface area contributed by atoms with Gasteiger partial charge in [0, 0.05) is 19.7 Å². The van der Waals surface area contributed by atoms with Gasteiger partial charge >= 0.3 is 5.69 Å². The Morgan fingerprint density at radius 3 is 3.00 bits per heavy atom. The summed E-state index contributed by atoms with van der Waals surface area (Å²) in [5.74, 6) is 0. The molecule has 1 aromatic heterocycles. The first-order valence-corrected chi connectivity index (χ1v) is 5.60. The average Bonchev–Trinajstić information content (AvgIpc) is 2.75. The summed E-state index contributed by atoms with van der Waals surface area (Å²) in [6, 6.07) is 0.136. The van der Waals surface area contributed by atoms with Crippen LogP contribution >= 0.6 is 0 Å². The SMILES string of the molecule is COCC(C)NCC(O)Cn1cc([N+](=O)[O-])cn1. The fourth-order valence-corrected chi connectivity index (χ4v) is 1.47. The lowest BCUT2D eigenvalue weighted by Gasteiger charge is -2.16. The van der Waals surface area contributed by atoms with Crippen LogP contribution in [-0.4, -0.2) is 52.2 Å². The molecule has 2 N–H and O–H groups in total. The Morgan fingerprint density at radius 2 is 2.44 bits per heavy atom. The van der Waals surface area contributed by atoms with Crippen molar-refractivity contribution >= 4 is 5.69 Å². The molecule has 0 spiro atoms. The largest absolute Gasteiger partial charge is 0.390 e. The molecule has 8 heteroatoms. The normalized spacial score (nSPS) is 14.4. The number of nitro groups is 1. The van der Waals surface area contributed by atoms with Crippen LogP contribution in [0.25, 0.3) is 0 Å². The minimum Gasteiger partial charge on any atom is -0.390 e. The van der Waals surface area contributed by atoms with Gasteiger partial charge in [0.05, 0.1) is 24.2 Å². The maximum absolute atomic E-state index is 10.5. The van der Waals surface area contributed by atoms with Crippen molar-refractivity contribution in [1.82, 2.24) is 15.1 Å². The molecule has 2 unspecified atom stereocenters. The van der Waals surface area contributed by atoms with Crippen LogP contribution in [0, 0.1) is 10.1 Å². The van der Waals surface area contributed by atoms with E-state index in [2.05, 4.69) is 10.4 Å². The average molecular weight is 258 g/mol. The molecular formula is C10H18N4O4. The number of hydrogen-bond donors (Lipinski definition) is 2. The summed E-state index contributed by atoms with van der Waals surface area (Å²) in [5.41, 5.74) is -0.0806. The number of rotatable bonds is 8. The molecule has 8 nitrogen and oxygen atoms in total. The van der Waals surface area contributed by atoms with Crippen LogP contribution in [0.3, 0.4) is 0 Å². The molecule has 0 bridgehead atoms. The van der Waals surface area contributed by atoms with Gasteiger partial charge in [0.1, 0.15) is 12.4 Å². The Labute approximate surface area is 105 Å². The molecule has 1 aromatic rings. The molecule has 0 amide bonds. The van der Waals surface area contributed by atoms with Crippen LogP contribution in [0.1, 0.15) is 6.92 Å². The Balaban J connectivity index is 2.34. The third-order valence-corrected chi connectivity index (χ3v) is 2.35. The van der Waals surface area contributed by atoms with Gasteiger partial charge in [0.25, 0.3) is 0 Å². The van der Waals surface area contributed by atoms with Gasteiger partial charge in [-0.25, -0.2) is 0 Å². The van der Waals surface area contributed by atoms with E-state index in [1.165, 1.54) is 10.9 Å². The molecule has 0 aliphatic rings. The van der Waals surface area contributed by atoms with Crippen molar-refractivity contribution in [3.05, 3.63) is 22.5 Å². The molecule has 0 radical (unpaired) electrons. The maximum Gasteiger partial charge on any atom is 0.306 e. The summed E-state index contributed by atoms with van der Waals surface area (Å²) < 4.78 is 6.30. The highest BCUT2D eigenvalue weighted by molar-refractivity contribution is 5.20. The van der Waals surface area contributed by atoms with E-state index in [1.807, 2.05) is 6.92 Å². The van der Waals surface area contributed by atoms with Gasteiger partial charge in [-0.3, -0.25) is 14.8 Å². The van der Waals surface area contributed by atoms with E-state index in [-0.39, 0.29) is 18.3 Å². The molecule has 0 fully saturated rings. The molecule has 0 aliphatic heterocycles. The van der Waals surface area contributed by atoms with Crippen LogP contribution in [0.4, 0.5) is 5.69 Å². The van der Waals surface area contributed by atoms with E-state index in [9.17, 15) is 15.2 Å². The van der Waals surface area contributed by atoms with Crippen LogP contribution in [0.2, 0.25) is 0 Å². The first kappa shape index (κ1) is 14.6. The van der Waals surface area contributed by atoms with Crippen LogP contribution < -0.4 is 5.32 Å². The summed E-state index contributed by atoms with van der Waals surface area (Å²) in [4.78, 5) is 9.93. The molecule has 1 rings (SSSR count). The van der Waals surface area contributed by atoms with Crippen molar-refractivity contribution in [3.8, 4) is 0 Å². The second-order valence-electron chi connectivity index (χ2n) is 4.10. The van der Waals surface area contributed by atoms with Crippen LogP contribution in [-0.2, 0) is 11.3 Å².